The van der Waals surface area contributed by atoms with E-state index in [9.17, 15) is 8.42 Å². The summed E-state index contributed by atoms with van der Waals surface area (Å²) in [6.45, 7) is 8.66. The number of nitrogens with two attached hydrogens (primary N) is 1. The van der Waals surface area contributed by atoms with E-state index in [1.165, 1.54) is 0 Å². The van der Waals surface area contributed by atoms with Gasteiger partial charge in [-0.3, -0.25) is 0 Å². The van der Waals surface area contributed by atoms with Crippen LogP contribution < -0.4 is 9.88 Å². The fourth-order valence-corrected chi connectivity index (χ4v) is 3.32. The summed E-state index contributed by atoms with van der Waals surface area (Å²) < 4.78 is 28.5. The van der Waals surface area contributed by atoms with Crippen LogP contribution in [0.5, 0.6) is 5.75 Å². The summed E-state index contributed by atoms with van der Waals surface area (Å²) in [5.74, 6) is 1.12. The Hall–Kier alpha value is -1.07. The lowest BCUT2D eigenvalue weighted by molar-refractivity contribution is 0.249. The molecule has 1 unspecified atom stereocenters. The van der Waals surface area contributed by atoms with Gasteiger partial charge in [0.25, 0.3) is 0 Å². The molecule has 4 nitrogen and oxygen atoms in total. The number of benzene rings is 1. The van der Waals surface area contributed by atoms with Crippen molar-refractivity contribution in [1.82, 2.24) is 0 Å². The largest absolute Gasteiger partial charge is 0.493 e. The minimum Gasteiger partial charge on any atom is -0.493 e. The number of ether oxygens (including phenoxy) is 1. The Morgan fingerprint density at radius 1 is 1.29 bits per heavy atom. The van der Waals surface area contributed by atoms with E-state index in [1.54, 1.807) is 0 Å². The van der Waals surface area contributed by atoms with E-state index in [-0.39, 0.29) is 11.7 Å². The van der Waals surface area contributed by atoms with Gasteiger partial charge in [-0.1, -0.05) is 39.3 Å². The van der Waals surface area contributed by atoms with E-state index in [1.807, 2.05) is 19.9 Å². The molecule has 1 atom stereocenters. The van der Waals surface area contributed by atoms with Crippen molar-refractivity contribution in [1.29, 1.82) is 0 Å². The van der Waals surface area contributed by atoms with Crippen molar-refractivity contribution in [2.24, 2.45) is 11.1 Å². The monoisotopic (exact) mass is 313 g/mol. The summed E-state index contributed by atoms with van der Waals surface area (Å²) in [5.41, 5.74) is 2.28. The fraction of sp³-hybridized carbons (Fsp3) is 0.625. The highest BCUT2D eigenvalue weighted by atomic mass is 32.2. The van der Waals surface area contributed by atoms with E-state index in [0.29, 0.717) is 12.5 Å². The van der Waals surface area contributed by atoms with Crippen molar-refractivity contribution in [2.75, 3.05) is 12.4 Å². The average molecular weight is 313 g/mol. The standard InChI is InChI=1S/C16H27NO3S/c1-5-6-14(11-21(17,18)19)10-20-16-9-13(4)7-8-15(16)12(2)3/h7-9,12,14H,5-6,10-11H2,1-4H3,(H2,17,18,19). The molecule has 120 valence electrons. The third-order valence-electron chi connectivity index (χ3n) is 3.43. The van der Waals surface area contributed by atoms with Gasteiger partial charge in [-0.05, 0) is 36.5 Å². The van der Waals surface area contributed by atoms with Gasteiger partial charge in [0.15, 0.2) is 0 Å². The van der Waals surface area contributed by atoms with Crippen LogP contribution in [0.4, 0.5) is 0 Å². The summed E-state index contributed by atoms with van der Waals surface area (Å²) in [6.07, 6.45) is 1.70. The summed E-state index contributed by atoms with van der Waals surface area (Å²) in [5, 5.41) is 5.15. The summed E-state index contributed by atoms with van der Waals surface area (Å²) in [6, 6.07) is 6.15. The zero-order valence-electron chi connectivity index (χ0n) is 13.4. The van der Waals surface area contributed by atoms with Crippen molar-refractivity contribution in [3.05, 3.63) is 29.3 Å². The van der Waals surface area contributed by atoms with Gasteiger partial charge in [0.05, 0.1) is 12.4 Å². The average Bonchev–Trinajstić information content (AvgIpc) is 2.34. The van der Waals surface area contributed by atoms with Crippen LogP contribution in [0.2, 0.25) is 0 Å². The third-order valence-corrected chi connectivity index (χ3v) is 4.37. The maximum absolute atomic E-state index is 11.3. The van der Waals surface area contributed by atoms with Crippen LogP contribution in [0.15, 0.2) is 18.2 Å². The molecular weight excluding hydrogens is 286 g/mol. The van der Waals surface area contributed by atoms with E-state index >= 15 is 0 Å². The first-order valence-corrected chi connectivity index (χ1v) is 9.18. The van der Waals surface area contributed by atoms with Crippen LogP contribution in [0.25, 0.3) is 0 Å². The Labute approximate surface area is 128 Å². The number of hydrogen-bond donors (Lipinski definition) is 1. The van der Waals surface area contributed by atoms with Gasteiger partial charge in [-0.2, -0.15) is 0 Å². The second kappa shape index (κ2) is 7.80. The first-order chi connectivity index (χ1) is 9.73. The van der Waals surface area contributed by atoms with Crippen LogP contribution in [0.1, 0.15) is 50.7 Å². The number of primary sulfonamides is 1. The summed E-state index contributed by atoms with van der Waals surface area (Å²) >= 11 is 0. The molecule has 0 heterocycles. The molecule has 0 bridgehead atoms. The van der Waals surface area contributed by atoms with Crippen molar-refractivity contribution in [3.8, 4) is 5.75 Å². The maximum atomic E-state index is 11.3. The van der Waals surface area contributed by atoms with Crippen LogP contribution in [-0.2, 0) is 10.0 Å². The summed E-state index contributed by atoms with van der Waals surface area (Å²) in [7, 11) is -3.46. The molecule has 0 aliphatic carbocycles. The molecule has 1 aromatic carbocycles. The molecule has 0 aromatic heterocycles. The smallest absolute Gasteiger partial charge is 0.209 e. The minimum absolute atomic E-state index is 0.0241. The number of hydrogen-bond acceptors (Lipinski definition) is 3. The molecule has 21 heavy (non-hydrogen) atoms. The van der Waals surface area contributed by atoms with Crippen molar-refractivity contribution < 1.29 is 13.2 Å². The van der Waals surface area contributed by atoms with Gasteiger partial charge in [-0.25, -0.2) is 13.6 Å². The SMILES string of the molecule is CCCC(COc1cc(C)ccc1C(C)C)CS(N)(=O)=O. The van der Waals surface area contributed by atoms with Crippen molar-refractivity contribution in [2.45, 2.75) is 46.5 Å². The minimum atomic E-state index is -3.46. The molecule has 0 aliphatic rings. The topological polar surface area (TPSA) is 69.4 Å². The Kier molecular flexibility index (Phi) is 6.68. The lowest BCUT2D eigenvalue weighted by Gasteiger charge is -2.19. The lowest BCUT2D eigenvalue weighted by Crippen LogP contribution is -2.27. The van der Waals surface area contributed by atoms with Gasteiger partial charge in [0, 0.05) is 5.92 Å². The highest BCUT2D eigenvalue weighted by molar-refractivity contribution is 7.89. The number of sulfonamides is 1. The molecule has 2 N–H and O–H groups in total. The van der Waals surface area contributed by atoms with Crippen molar-refractivity contribution >= 4 is 10.0 Å². The van der Waals surface area contributed by atoms with Gasteiger partial charge in [0.2, 0.25) is 10.0 Å². The molecular formula is C16H27NO3S. The van der Waals surface area contributed by atoms with E-state index in [4.69, 9.17) is 9.88 Å². The molecule has 5 heteroatoms. The first-order valence-electron chi connectivity index (χ1n) is 7.46. The Balaban J connectivity index is 2.82. The molecule has 0 saturated heterocycles. The molecule has 0 saturated carbocycles. The number of rotatable bonds is 8. The zero-order chi connectivity index (χ0) is 16.0. The predicted octanol–water partition coefficient (Wildman–Crippen LogP) is 3.20. The maximum Gasteiger partial charge on any atom is 0.209 e. The normalized spacial score (nSPS) is 13.4. The lowest BCUT2D eigenvalue weighted by atomic mass is 10.0. The highest BCUT2D eigenvalue weighted by Crippen LogP contribution is 2.28. The molecule has 0 radical (unpaired) electrons. The van der Waals surface area contributed by atoms with Crippen LogP contribution in [0, 0.1) is 12.8 Å². The third kappa shape index (κ3) is 6.48. The zero-order valence-corrected chi connectivity index (χ0v) is 14.2. The fourth-order valence-electron chi connectivity index (χ4n) is 2.40. The van der Waals surface area contributed by atoms with Gasteiger partial charge in [-0.15, -0.1) is 0 Å². The van der Waals surface area contributed by atoms with Crippen LogP contribution >= 0.6 is 0 Å². The molecule has 0 amide bonds. The second-order valence-corrected chi connectivity index (χ2v) is 7.65. The highest BCUT2D eigenvalue weighted by Gasteiger charge is 2.17. The van der Waals surface area contributed by atoms with Crippen LogP contribution in [-0.4, -0.2) is 20.8 Å². The molecule has 0 fully saturated rings. The summed E-state index contributed by atoms with van der Waals surface area (Å²) in [4.78, 5) is 0. The van der Waals surface area contributed by atoms with Crippen LogP contribution in [0.3, 0.4) is 0 Å². The van der Waals surface area contributed by atoms with Gasteiger partial charge >= 0.3 is 0 Å². The molecule has 0 aliphatic heterocycles. The Bertz CT molecular complexity index is 553. The van der Waals surface area contributed by atoms with Gasteiger partial charge in [0.1, 0.15) is 5.75 Å². The van der Waals surface area contributed by atoms with Crippen molar-refractivity contribution in [3.63, 3.8) is 0 Å². The van der Waals surface area contributed by atoms with E-state index in [0.717, 1.165) is 29.7 Å². The van der Waals surface area contributed by atoms with E-state index in [2.05, 4.69) is 26.0 Å². The quantitative estimate of drug-likeness (QED) is 0.801. The Morgan fingerprint density at radius 3 is 2.48 bits per heavy atom. The molecule has 1 rings (SSSR count). The molecule has 0 spiro atoms. The number of aryl methyl sites for hydroxylation is 1. The predicted molar refractivity (Wildman–Crippen MR) is 87.1 cm³/mol. The Morgan fingerprint density at radius 2 is 1.95 bits per heavy atom. The first kappa shape index (κ1) is 18.0. The molecule has 1 aromatic rings. The second-order valence-electron chi connectivity index (χ2n) is 5.99. The van der Waals surface area contributed by atoms with Gasteiger partial charge < -0.3 is 4.74 Å². The van der Waals surface area contributed by atoms with E-state index < -0.39 is 10.0 Å².